The van der Waals surface area contributed by atoms with Crippen LogP contribution in [0.4, 0.5) is 0 Å². The number of aromatic nitrogens is 4. The van der Waals surface area contributed by atoms with E-state index in [-0.39, 0.29) is 17.4 Å². The van der Waals surface area contributed by atoms with E-state index < -0.39 is 5.97 Å². The zero-order chi connectivity index (χ0) is 15.1. The average Bonchev–Trinajstić information content (AvgIpc) is 3.00. The second-order valence-corrected chi connectivity index (χ2v) is 5.10. The van der Waals surface area contributed by atoms with Gasteiger partial charge >= 0.3 is 11.7 Å². The van der Waals surface area contributed by atoms with E-state index in [1.54, 1.807) is 10.6 Å². The number of aromatic amines is 2. The maximum absolute atomic E-state index is 11.9. The van der Waals surface area contributed by atoms with Gasteiger partial charge in [-0.3, -0.25) is 9.67 Å². The summed E-state index contributed by atoms with van der Waals surface area (Å²) in [5.41, 5.74) is 2.64. The molecule has 0 unspecified atom stereocenters. The van der Waals surface area contributed by atoms with Gasteiger partial charge in [0.1, 0.15) is 5.69 Å². The Labute approximate surface area is 119 Å². The van der Waals surface area contributed by atoms with Crippen LogP contribution in [0.3, 0.4) is 0 Å². The summed E-state index contributed by atoms with van der Waals surface area (Å²) in [4.78, 5) is 25.6. The van der Waals surface area contributed by atoms with Crippen molar-refractivity contribution in [2.45, 2.75) is 19.9 Å². The molecule has 3 rings (SSSR count). The molecule has 0 radical (unpaired) electrons. The van der Waals surface area contributed by atoms with Gasteiger partial charge in [-0.25, -0.2) is 9.59 Å². The highest BCUT2D eigenvalue weighted by atomic mass is 16.4. The Kier molecular flexibility index (Phi) is 2.90. The van der Waals surface area contributed by atoms with Gasteiger partial charge in [0.05, 0.1) is 16.7 Å². The highest BCUT2D eigenvalue weighted by molar-refractivity contribution is 5.88. The molecule has 0 saturated carbocycles. The average molecular weight is 286 g/mol. The van der Waals surface area contributed by atoms with E-state index in [9.17, 15) is 9.59 Å². The normalized spacial score (nSPS) is 11.4. The number of nitrogens with one attached hydrogen (secondary N) is 2. The molecule has 7 heteroatoms. The van der Waals surface area contributed by atoms with Crippen molar-refractivity contribution in [1.82, 2.24) is 19.7 Å². The van der Waals surface area contributed by atoms with Gasteiger partial charge in [-0.05, 0) is 32.0 Å². The van der Waals surface area contributed by atoms with Crippen LogP contribution in [0.15, 0.2) is 29.1 Å². The summed E-state index contributed by atoms with van der Waals surface area (Å²) in [6, 6.07) is 6.95. The Morgan fingerprint density at radius 2 is 2.10 bits per heavy atom. The van der Waals surface area contributed by atoms with Crippen molar-refractivity contribution in [3.63, 3.8) is 0 Å². The fraction of sp³-hybridized carbons (Fsp3) is 0.214. The molecule has 0 saturated heterocycles. The van der Waals surface area contributed by atoms with Gasteiger partial charge in [0.15, 0.2) is 0 Å². The van der Waals surface area contributed by atoms with Crippen LogP contribution in [-0.4, -0.2) is 30.8 Å². The number of carboxylic acids is 1. The van der Waals surface area contributed by atoms with E-state index in [1.165, 1.54) is 6.07 Å². The number of benzene rings is 1. The smallest absolute Gasteiger partial charge is 0.353 e. The third-order valence-electron chi connectivity index (χ3n) is 3.34. The Hall–Kier alpha value is -2.83. The van der Waals surface area contributed by atoms with Crippen molar-refractivity contribution in [2.75, 3.05) is 0 Å². The number of fused-ring (bicyclic) bond motifs is 1. The van der Waals surface area contributed by atoms with Crippen molar-refractivity contribution in [2.24, 2.45) is 0 Å². The van der Waals surface area contributed by atoms with Gasteiger partial charge in [0.25, 0.3) is 0 Å². The summed E-state index contributed by atoms with van der Waals surface area (Å²) in [5.74, 6) is -1.06. The molecule has 108 valence electrons. The van der Waals surface area contributed by atoms with Gasteiger partial charge in [0, 0.05) is 11.6 Å². The number of hydrogen-bond donors (Lipinski definition) is 3. The number of H-pyrrole nitrogens is 2. The van der Waals surface area contributed by atoms with E-state index in [0.717, 1.165) is 11.1 Å². The molecule has 2 aromatic heterocycles. The van der Waals surface area contributed by atoms with Crippen molar-refractivity contribution >= 4 is 17.0 Å². The maximum atomic E-state index is 11.9. The Morgan fingerprint density at radius 1 is 1.33 bits per heavy atom. The number of rotatable bonds is 3. The number of nitrogens with zero attached hydrogens (tertiary/aromatic N) is 2. The minimum Gasteiger partial charge on any atom is -0.477 e. The SMILES string of the molecule is CC(C)n1c(=O)[nH]c2cc(-c3cc(C(=O)O)[nH]n3)ccc21. The predicted octanol–water partition coefficient (Wildman–Crippen LogP) is 2.00. The van der Waals surface area contributed by atoms with Crippen molar-refractivity contribution in [3.05, 3.63) is 40.4 Å². The molecule has 21 heavy (non-hydrogen) atoms. The van der Waals surface area contributed by atoms with E-state index in [0.29, 0.717) is 11.2 Å². The van der Waals surface area contributed by atoms with Crippen LogP contribution in [-0.2, 0) is 0 Å². The van der Waals surface area contributed by atoms with Crippen LogP contribution in [0.5, 0.6) is 0 Å². The second-order valence-electron chi connectivity index (χ2n) is 5.10. The molecule has 0 bridgehead atoms. The molecule has 0 aliphatic heterocycles. The monoisotopic (exact) mass is 286 g/mol. The third kappa shape index (κ3) is 2.12. The minimum atomic E-state index is -1.06. The fourth-order valence-electron chi connectivity index (χ4n) is 2.38. The molecule has 1 aromatic carbocycles. The van der Waals surface area contributed by atoms with Gasteiger partial charge in [-0.15, -0.1) is 0 Å². The molecule has 0 atom stereocenters. The number of hydrogen-bond acceptors (Lipinski definition) is 3. The lowest BCUT2D eigenvalue weighted by molar-refractivity contribution is 0.0690. The Balaban J connectivity index is 2.13. The van der Waals surface area contributed by atoms with E-state index >= 15 is 0 Å². The van der Waals surface area contributed by atoms with E-state index in [1.807, 2.05) is 26.0 Å². The lowest BCUT2D eigenvalue weighted by atomic mass is 10.1. The number of carboxylic acid groups (broad SMARTS) is 1. The number of aromatic carboxylic acids is 1. The minimum absolute atomic E-state index is 0.0262. The molecular weight excluding hydrogens is 272 g/mol. The summed E-state index contributed by atoms with van der Waals surface area (Å²) in [6.07, 6.45) is 0. The highest BCUT2D eigenvalue weighted by Gasteiger charge is 2.13. The highest BCUT2D eigenvalue weighted by Crippen LogP contribution is 2.23. The van der Waals surface area contributed by atoms with Crippen molar-refractivity contribution in [3.8, 4) is 11.3 Å². The zero-order valence-corrected chi connectivity index (χ0v) is 11.5. The summed E-state index contributed by atoms with van der Waals surface area (Å²) >= 11 is 0. The van der Waals surface area contributed by atoms with Crippen LogP contribution >= 0.6 is 0 Å². The Bertz CT molecular complexity index is 885. The standard InChI is InChI=1S/C14H14N4O3/c1-7(2)18-12-4-3-8(5-10(12)15-14(18)21)9-6-11(13(19)20)17-16-9/h3-7H,1-2H3,(H,15,21)(H,16,17)(H,19,20). The van der Waals surface area contributed by atoms with Crippen LogP contribution in [0.2, 0.25) is 0 Å². The molecule has 0 amide bonds. The molecular formula is C14H14N4O3. The molecule has 0 spiro atoms. The number of imidazole rings is 1. The first-order valence-corrected chi connectivity index (χ1v) is 6.50. The quantitative estimate of drug-likeness (QED) is 0.685. The molecule has 2 heterocycles. The van der Waals surface area contributed by atoms with Gasteiger partial charge in [-0.2, -0.15) is 5.10 Å². The molecule has 0 fully saturated rings. The summed E-state index contributed by atoms with van der Waals surface area (Å²) < 4.78 is 1.67. The maximum Gasteiger partial charge on any atom is 0.353 e. The van der Waals surface area contributed by atoms with E-state index in [4.69, 9.17) is 5.11 Å². The van der Waals surface area contributed by atoms with Crippen LogP contribution in [0, 0.1) is 0 Å². The topological polar surface area (TPSA) is 104 Å². The summed E-state index contributed by atoms with van der Waals surface area (Å²) in [6.45, 7) is 3.88. The first-order valence-electron chi connectivity index (χ1n) is 6.50. The van der Waals surface area contributed by atoms with E-state index in [2.05, 4.69) is 15.2 Å². The van der Waals surface area contributed by atoms with Crippen LogP contribution in [0.1, 0.15) is 30.4 Å². The van der Waals surface area contributed by atoms with Gasteiger partial charge in [-0.1, -0.05) is 6.07 Å². The predicted molar refractivity (Wildman–Crippen MR) is 77.5 cm³/mol. The van der Waals surface area contributed by atoms with Gasteiger partial charge in [0.2, 0.25) is 0 Å². The molecule has 3 aromatic rings. The van der Waals surface area contributed by atoms with Crippen LogP contribution < -0.4 is 5.69 Å². The molecule has 0 aliphatic carbocycles. The number of carbonyl (C=O) groups is 1. The first-order chi connectivity index (χ1) is 9.97. The Morgan fingerprint density at radius 3 is 2.71 bits per heavy atom. The molecule has 7 nitrogen and oxygen atoms in total. The lowest BCUT2D eigenvalue weighted by Gasteiger charge is -2.06. The summed E-state index contributed by atoms with van der Waals surface area (Å²) in [7, 11) is 0. The lowest BCUT2D eigenvalue weighted by Crippen LogP contribution is -2.18. The summed E-state index contributed by atoms with van der Waals surface area (Å²) in [5, 5.41) is 15.3. The molecule has 0 aliphatic rings. The third-order valence-corrected chi connectivity index (χ3v) is 3.34. The largest absolute Gasteiger partial charge is 0.477 e. The second kappa shape index (κ2) is 4.62. The zero-order valence-electron chi connectivity index (χ0n) is 11.5. The molecule has 3 N–H and O–H groups in total. The van der Waals surface area contributed by atoms with Crippen LogP contribution in [0.25, 0.3) is 22.3 Å². The van der Waals surface area contributed by atoms with Gasteiger partial charge < -0.3 is 10.1 Å². The first kappa shape index (κ1) is 13.2. The fourth-order valence-corrected chi connectivity index (χ4v) is 2.38. The van der Waals surface area contributed by atoms with Crippen molar-refractivity contribution < 1.29 is 9.90 Å². The van der Waals surface area contributed by atoms with Crippen molar-refractivity contribution in [1.29, 1.82) is 0 Å².